The second-order valence-electron chi connectivity index (χ2n) is 4.31. The lowest BCUT2D eigenvalue weighted by Gasteiger charge is -2.31. The quantitative estimate of drug-likeness (QED) is 0.865. The van der Waals surface area contributed by atoms with E-state index in [9.17, 15) is 8.78 Å². The van der Waals surface area contributed by atoms with Crippen LogP contribution in [0.15, 0.2) is 12.1 Å². The molecule has 0 radical (unpaired) electrons. The summed E-state index contributed by atoms with van der Waals surface area (Å²) >= 11 is 6.01. The first-order valence-electron chi connectivity index (χ1n) is 6.20. The van der Waals surface area contributed by atoms with Crippen molar-refractivity contribution in [1.29, 1.82) is 0 Å². The van der Waals surface area contributed by atoms with Crippen LogP contribution in [0.1, 0.15) is 18.5 Å². The molecule has 0 amide bonds. The van der Waals surface area contributed by atoms with Crippen LogP contribution in [0.2, 0.25) is 5.02 Å². The molecule has 1 aromatic rings. The summed E-state index contributed by atoms with van der Waals surface area (Å²) in [7, 11) is 0. The van der Waals surface area contributed by atoms with Gasteiger partial charge in [0.05, 0.1) is 25.9 Å². The van der Waals surface area contributed by atoms with Crippen LogP contribution in [0.5, 0.6) is 0 Å². The molecule has 1 aromatic carbocycles. The Bertz CT molecular complexity index is 439. The van der Waals surface area contributed by atoms with Crippen molar-refractivity contribution in [3.63, 3.8) is 0 Å². The van der Waals surface area contributed by atoms with Crippen LogP contribution in [0.3, 0.4) is 0 Å². The van der Waals surface area contributed by atoms with Crippen LogP contribution >= 0.6 is 11.6 Å². The third-order valence-electron chi connectivity index (χ3n) is 3.01. The van der Waals surface area contributed by atoms with Crippen molar-refractivity contribution in [3.05, 3.63) is 34.4 Å². The highest BCUT2D eigenvalue weighted by atomic mass is 35.5. The summed E-state index contributed by atoms with van der Waals surface area (Å²) in [5.41, 5.74) is 0.484. The molecule has 2 unspecified atom stereocenters. The number of rotatable bonds is 4. The van der Waals surface area contributed by atoms with Gasteiger partial charge >= 0.3 is 0 Å². The molecule has 6 heteroatoms. The molecule has 0 saturated carbocycles. The Labute approximate surface area is 115 Å². The maximum Gasteiger partial charge on any atom is 0.160 e. The van der Waals surface area contributed by atoms with Crippen LogP contribution in [0, 0.1) is 11.6 Å². The zero-order valence-corrected chi connectivity index (χ0v) is 11.3. The fraction of sp³-hybridized carbons (Fsp3) is 0.538. The highest BCUT2D eigenvalue weighted by Gasteiger charge is 2.28. The summed E-state index contributed by atoms with van der Waals surface area (Å²) in [6.07, 6.45) is -0.268. The first-order valence-corrected chi connectivity index (χ1v) is 6.58. The van der Waals surface area contributed by atoms with Crippen molar-refractivity contribution >= 4 is 11.6 Å². The molecule has 1 fully saturated rings. The highest BCUT2D eigenvalue weighted by molar-refractivity contribution is 6.31. The molecule has 2 rings (SSSR count). The Hall–Kier alpha value is -0.750. The van der Waals surface area contributed by atoms with E-state index in [-0.39, 0.29) is 17.2 Å². The smallest absolute Gasteiger partial charge is 0.160 e. The van der Waals surface area contributed by atoms with E-state index >= 15 is 0 Å². The Kier molecular flexibility index (Phi) is 5.10. The molecule has 19 heavy (non-hydrogen) atoms. The molecular weight excluding hydrogens is 276 g/mol. The van der Waals surface area contributed by atoms with E-state index < -0.39 is 11.6 Å². The van der Waals surface area contributed by atoms with E-state index in [0.29, 0.717) is 31.9 Å². The average Bonchev–Trinajstić information content (AvgIpc) is 2.42. The van der Waals surface area contributed by atoms with E-state index in [1.807, 2.05) is 6.92 Å². The number of hydrogen-bond acceptors (Lipinski definition) is 3. The van der Waals surface area contributed by atoms with Crippen LogP contribution in [0.4, 0.5) is 8.78 Å². The third-order valence-corrected chi connectivity index (χ3v) is 3.34. The zero-order valence-electron chi connectivity index (χ0n) is 10.6. The monoisotopic (exact) mass is 291 g/mol. The average molecular weight is 292 g/mol. The Balaban J connectivity index is 2.29. The lowest BCUT2D eigenvalue weighted by Crippen LogP contribution is -2.40. The molecule has 0 aromatic heterocycles. The van der Waals surface area contributed by atoms with Gasteiger partial charge in [0.2, 0.25) is 0 Å². The minimum Gasteiger partial charge on any atom is -0.376 e. The largest absolute Gasteiger partial charge is 0.376 e. The van der Waals surface area contributed by atoms with Gasteiger partial charge in [0.1, 0.15) is 6.10 Å². The molecule has 1 N–H and O–H groups in total. The number of hydrogen-bond donors (Lipinski definition) is 1. The molecule has 0 aliphatic carbocycles. The van der Waals surface area contributed by atoms with Gasteiger partial charge in [-0.3, -0.25) is 0 Å². The van der Waals surface area contributed by atoms with Gasteiger partial charge in [-0.15, -0.1) is 0 Å². The maximum absolute atomic E-state index is 13.4. The van der Waals surface area contributed by atoms with Crippen molar-refractivity contribution in [2.45, 2.75) is 19.1 Å². The van der Waals surface area contributed by atoms with Crippen molar-refractivity contribution in [2.24, 2.45) is 0 Å². The molecule has 1 aliphatic rings. The second-order valence-corrected chi connectivity index (χ2v) is 4.71. The minimum absolute atomic E-state index is 0.180. The van der Waals surface area contributed by atoms with Crippen LogP contribution in [-0.2, 0) is 9.47 Å². The maximum atomic E-state index is 13.4. The van der Waals surface area contributed by atoms with Crippen molar-refractivity contribution in [1.82, 2.24) is 5.32 Å². The van der Waals surface area contributed by atoms with E-state index in [1.54, 1.807) is 0 Å². The first kappa shape index (κ1) is 14.7. The number of benzene rings is 1. The first-order chi connectivity index (χ1) is 9.13. The van der Waals surface area contributed by atoms with E-state index in [2.05, 4.69) is 5.32 Å². The van der Waals surface area contributed by atoms with Gasteiger partial charge in [-0.1, -0.05) is 18.5 Å². The number of ether oxygens (including phenoxy) is 2. The topological polar surface area (TPSA) is 30.5 Å². The second kappa shape index (κ2) is 6.61. The van der Waals surface area contributed by atoms with E-state index in [0.717, 1.165) is 12.1 Å². The molecule has 106 valence electrons. The standard InChI is InChI=1S/C13H16ClF2NO2/c1-2-17-13(12-7-18-3-4-19-12)8-5-10(15)11(16)6-9(8)14/h5-6,12-13,17H,2-4,7H2,1H3. The Morgan fingerprint density at radius 3 is 2.74 bits per heavy atom. The summed E-state index contributed by atoms with van der Waals surface area (Å²) in [4.78, 5) is 0. The molecule has 3 nitrogen and oxygen atoms in total. The lowest BCUT2D eigenvalue weighted by molar-refractivity contribution is -0.102. The molecule has 1 saturated heterocycles. The van der Waals surface area contributed by atoms with Crippen LogP contribution < -0.4 is 5.32 Å². The lowest BCUT2D eigenvalue weighted by atomic mass is 10.0. The zero-order chi connectivity index (χ0) is 13.8. The highest BCUT2D eigenvalue weighted by Crippen LogP contribution is 2.29. The summed E-state index contributed by atoms with van der Waals surface area (Å²) in [6.45, 7) is 3.99. The number of nitrogens with one attached hydrogen (secondary N) is 1. The predicted molar refractivity (Wildman–Crippen MR) is 68.3 cm³/mol. The van der Waals surface area contributed by atoms with Crippen LogP contribution in [0.25, 0.3) is 0 Å². The third kappa shape index (κ3) is 3.42. The van der Waals surface area contributed by atoms with Crippen molar-refractivity contribution in [2.75, 3.05) is 26.4 Å². The molecule has 0 bridgehead atoms. The predicted octanol–water partition coefficient (Wildman–Crippen LogP) is 2.68. The molecule has 2 atom stereocenters. The molecule has 0 spiro atoms. The number of likely N-dealkylation sites (N-methyl/N-ethyl adjacent to an activating group) is 1. The van der Waals surface area contributed by atoms with Crippen molar-refractivity contribution in [3.8, 4) is 0 Å². The fourth-order valence-corrected chi connectivity index (χ4v) is 2.40. The van der Waals surface area contributed by atoms with Crippen LogP contribution in [-0.4, -0.2) is 32.5 Å². The van der Waals surface area contributed by atoms with Gasteiger partial charge < -0.3 is 14.8 Å². The minimum atomic E-state index is -0.954. The van der Waals surface area contributed by atoms with Gasteiger partial charge in [-0.05, 0) is 24.2 Å². The fourth-order valence-electron chi connectivity index (χ4n) is 2.14. The van der Waals surface area contributed by atoms with E-state index in [1.165, 1.54) is 0 Å². The number of halogens is 3. The molecule has 1 aliphatic heterocycles. The summed E-state index contributed by atoms with van der Waals surface area (Å²) < 4.78 is 37.5. The van der Waals surface area contributed by atoms with E-state index in [4.69, 9.17) is 21.1 Å². The normalized spacial score (nSPS) is 21.4. The van der Waals surface area contributed by atoms with Gasteiger partial charge in [0.15, 0.2) is 11.6 Å². The summed E-state index contributed by atoms with van der Waals surface area (Å²) in [6, 6.07) is 1.77. The SMILES string of the molecule is CCNC(c1cc(F)c(F)cc1Cl)C1COCCO1. The van der Waals surface area contributed by atoms with Crippen molar-refractivity contribution < 1.29 is 18.3 Å². The van der Waals surface area contributed by atoms with Gasteiger partial charge in [0.25, 0.3) is 0 Å². The Morgan fingerprint density at radius 2 is 2.11 bits per heavy atom. The van der Waals surface area contributed by atoms with Gasteiger partial charge in [-0.25, -0.2) is 8.78 Å². The molecular formula is C13H16ClF2NO2. The van der Waals surface area contributed by atoms with Gasteiger partial charge in [-0.2, -0.15) is 0 Å². The summed E-state index contributed by atoms with van der Waals surface area (Å²) in [5, 5.41) is 3.36. The summed E-state index contributed by atoms with van der Waals surface area (Å²) in [5.74, 6) is -1.87. The van der Waals surface area contributed by atoms with Gasteiger partial charge in [0, 0.05) is 5.02 Å². The molecule has 1 heterocycles. The Morgan fingerprint density at radius 1 is 1.37 bits per heavy atom.